The summed E-state index contributed by atoms with van der Waals surface area (Å²) in [5.74, 6) is 1.28. The van der Waals surface area contributed by atoms with Gasteiger partial charge in [0.25, 0.3) is 5.56 Å². The molecule has 2 heterocycles. The van der Waals surface area contributed by atoms with Gasteiger partial charge in [-0.25, -0.2) is 4.98 Å². The number of nitrogens with one attached hydrogen (secondary N) is 2. The van der Waals surface area contributed by atoms with Crippen LogP contribution in [-0.2, 0) is 16.3 Å². The summed E-state index contributed by atoms with van der Waals surface area (Å²) in [7, 11) is 0. The van der Waals surface area contributed by atoms with Crippen molar-refractivity contribution in [1.29, 1.82) is 0 Å². The number of benzene rings is 1. The molecule has 0 unspecified atom stereocenters. The summed E-state index contributed by atoms with van der Waals surface area (Å²) in [6.07, 6.45) is 0. The topological polar surface area (TPSA) is 74.8 Å². The van der Waals surface area contributed by atoms with Crippen molar-refractivity contribution in [3.05, 3.63) is 49.9 Å². The van der Waals surface area contributed by atoms with Crippen molar-refractivity contribution in [3.8, 4) is 0 Å². The molecule has 2 N–H and O–H groups in total. The maximum atomic E-state index is 12.0. The highest BCUT2D eigenvalue weighted by Crippen LogP contribution is 2.30. The fourth-order valence-electron chi connectivity index (χ4n) is 2.03. The van der Waals surface area contributed by atoms with Gasteiger partial charge >= 0.3 is 0 Å². The molecule has 0 aliphatic carbocycles. The van der Waals surface area contributed by atoms with Crippen LogP contribution in [0.15, 0.2) is 28.2 Å². The van der Waals surface area contributed by atoms with Gasteiger partial charge in [0.15, 0.2) is 5.16 Å². The molecule has 0 saturated carbocycles. The zero-order chi connectivity index (χ0) is 16.4. The molecule has 0 bridgehead atoms. The lowest BCUT2D eigenvalue weighted by atomic mass is 10.3. The average molecular weight is 388 g/mol. The standard InChI is InChI=1S/C14H11Cl2N3O2S2/c15-8-2-1-3-9(12(8)16)17-11(20)6-23-14-18-10-5-22-4-7(10)13(21)19-14/h1-3H,4-6H2,(H,17,20)(H,18,19,21). The number of carbonyl (C=O) groups is 1. The second kappa shape index (κ2) is 7.17. The molecule has 23 heavy (non-hydrogen) atoms. The van der Waals surface area contributed by atoms with Crippen molar-refractivity contribution >= 4 is 58.3 Å². The number of hydrogen-bond acceptors (Lipinski definition) is 5. The number of aromatic nitrogens is 2. The van der Waals surface area contributed by atoms with Gasteiger partial charge in [-0.15, -0.1) is 0 Å². The Morgan fingerprint density at radius 3 is 3.04 bits per heavy atom. The maximum absolute atomic E-state index is 12.0. The predicted molar refractivity (Wildman–Crippen MR) is 95.7 cm³/mol. The van der Waals surface area contributed by atoms with Crippen LogP contribution in [-0.4, -0.2) is 21.6 Å². The number of fused-ring (bicyclic) bond motifs is 1. The highest BCUT2D eigenvalue weighted by molar-refractivity contribution is 7.99. The molecule has 9 heteroatoms. The lowest BCUT2D eigenvalue weighted by Crippen LogP contribution is -2.17. The molecule has 1 aliphatic rings. The van der Waals surface area contributed by atoms with E-state index < -0.39 is 0 Å². The molecule has 1 aromatic carbocycles. The minimum absolute atomic E-state index is 0.109. The first kappa shape index (κ1) is 16.7. The van der Waals surface area contributed by atoms with Crippen LogP contribution in [0.3, 0.4) is 0 Å². The Balaban J connectivity index is 1.64. The van der Waals surface area contributed by atoms with Gasteiger partial charge in [-0.05, 0) is 12.1 Å². The lowest BCUT2D eigenvalue weighted by Gasteiger charge is -2.08. The van der Waals surface area contributed by atoms with E-state index in [0.717, 1.165) is 17.0 Å². The zero-order valence-electron chi connectivity index (χ0n) is 11.7. The van der Waals surface area contributed by atoms with E-state index >= 15 is 0 Å². The minimum Gasteiger partial charge on any atom is -0.324 e. The van der Waals surface area contributed by atoms with E-state index in [2.05, 4.69) is 15.3 Å². The summed E-state index contributed by atoms with van der Waals surface area (Å²) in [5, 5.41) is 3.81. The second-order valence-electron chi connectivity index (χ2n) is 4.73. The Kier molecular flexibility index (Phi) is 5.21. The van der Waals surface area contributed by atoms with E-state index in [1.54, 1.807) is 30.0 Å². The third kappa shape index (κ3) is 3.85. The highest BCUT2D eigenvalue weighted by atomic mass is 35.5. The van der Waals surface area contributed by atoms with Crippen molar-refractivity contribution in [2.75, 3.05) is 11.1 Å². The molecule has 120 valence electrons. The Labute approximate surface area is 150 Å². The minimum atomic E-state index is -0.253. The Bertz CT molecular complexity index is 826. The smallest absolute Gasteiger partial charge is 0.255 e. The van der Waals surface area contributed by atoms with Gasteiger partial charge < -0.3 is 10.3 Å². The number of rotatable bonds is 4. The van der Waals surface area contributed by atoms with Crippen molar-refractivity contribution in [2.45, 2.75) is 16.7 Å². The van der Waals surface area contributed by atoms with Crippen molar-refractivity contribution in [3.63, 3.8) is 0 Å². The summed E-state index contributed by atoms with van der Waals surface area (Å²) < 4.78 is 0. The number of H-pyrrole nitrogens is 1. The van der Waals surface area contributed by atoms with E-state index in [-0.39, 0.29) is 17.2 Å². The van der Waals surface area contributed by atoms with Crippen LogP contribution in [0.5, 0.6) is 0 Å². The molecule has 0 fully saturated rings. The maximum Gasteiger partial charge on any atom is 0.255 e. The summed E-state index contributed by atoms with van der Waals surface area (Å²) in [6, 6.07) is 5.02. The average Bonchev–Trinajstić information content (AvgIpc) is 2.99. The summed E-state index contributed by atoms with van der Waals surface area (Å²) >= 11 is 14.8. The van der Waals surface area contributed by atoms with Crippen LogP contribution in [0, 0.1) is 0 Å². The fraction of sp³-hybridized carbons (Fsp3) is 0.214. The van der Waals surface area contributed by atoms with Gasteiger partial charge in [0.05, 0.1) is 27.2 Å². The second-order valence-corrected chi connectivity index (χ2v) is 7.46. The SMILES string of the molecule is O=C(CSc1nc2c(c(=O)[nH]1)CSC2)Nc1cccc(Cl)c1Cl. The number of aromatic amines is 1. The molecule has 2 aromatic rings. The van der Waals surface area contributed by atoms with Gasteiger partial charge in [0.2, 0.25) is 5.91 Å². The van der Waals surface area contributed by atoms with E-state index in [0.29, 0.717) is 26.6 Å². The van der Waals surface area contributed by atoms with Crippen LogP contribution >= 0.6 is 46.7 Å². The molecule has 0 radical (unpaired) electrons. The Hall–Kier alpha value is -1.15. The number of thioether (sulfide) groups is 2. The van der Waals surface area contributed by atoms with Crippen molar-refractivity contribution in [1.82, 2.24) is 9.97 Å². The molecule has 3 rings (SSSR count). The number of amides is 1. The molecule has 0 saturated heterocycles. The van der Waals surface area contributed by atoms with Crippen molar-refractivity contribution < 1.29 is 4.79 Å². The molecular weight excluding hydrogens is 377 g/mol. The number of carbonyl (C=O) groups excluding carboxylic acids is 1. The predicted octanol–water partition coefficient (Wildman–Crippen LogP) is 3.55. The van der Waals surface area contributed by atoms with Gasteiger partial charge in [0, 0.05) is 17.1 Å². The molecule has 1 amide bonds. The van der Waals surface area contributed by atoms with Crippen LogP contribution in [0.2, 0.25) is 10.0 Å². The summed E-state index contributed by atoms with van der Waals surface area (Å²) in [4.78, 5) is 31.0. The number of hydrogen-bond donors (Lipinski definition) is 2. The van der Waals surface area contributed by atoms with E-state index in [4.69, 9.17) is 23.2 Å². The monoisotopic (exact) mass is 387 g/mol. The quantitative estimate of drug-likeness (QED) is 0.619. The Morgan fingerprint density at radius 1 is 1.39 bits per heavy atom. The van der Waals surface area contributed by atoms with E-state index in [1.807, 2.05) is 0 Å². The molecule has 0 spiro atoms. The summed E-state index contributed by atoms with van der Waals surface area (Å²) in [5.41, 5.74) is 1.87. The first-order chi connectivity index (χ1) is 11.0. The normalized spacial score (nSPS) is 13.0. The van der Waals surface area contributed by atoms with Crippen molar-refractivity contribution in [2.24, 2.45) is 0 Å². The zero-order valence-corrected chi connectivity index (χ0v) is 14.8. The lowest BCUT2D eigenvalue weighted by molar-refractivity contribution is -0.113. The number of nitrogens with zero attached hydrogens (tertiary/aromatic N) is 1. The molecular formula is C14H11Cl2N3O2S2. The summed E-state index contributed by atoms with van der Waals surface area (Å²) in [6.45, 7) is 0. The molecule has 1 aromatic heterocycles. The molecule has 5 nitrogen and oxygen atoms in total. The molecule has 0 atom stereocenters. The molecule has 1 aliphatic heterocycles. The van der Waals surface area contributed by atoms with E-state index in [9.17, 15) is 9.59 Å². The third-order valence-corrected chi connectivity index (χ3v) is 5.79. The first-order valence-corrected chi connectivity index (χ1v) is 9.50. The van der Waals surface area contributed by atoms with Crippen LogP contribution in [0.1, 0.15) is 11.3 Å². The number of halogens is 2. The highest BCUT2D eigenvalue weighted by Gasteiger charge is 2.18. The largest absolute Gasteiger partial charge is 0.324 e. The van der Waals surface area contributed by atoms with Crippen LogP contribution in [0.25, 0.3) is 0 Å². The van der Waals surface area contributed by atoms with Gasteiger partial charge in [-0.1, -0.05) is 41.0 Å². The number of anilines is 1. The Morgan fingerprint density at radius 2 is 2.22 bits per heavy atom. The van der Waals surface area contributed by atoms with Gasteiger partial charge in [0.1, 0.15) is 0 Å². The third-order valence-electron chi connectivity index (χ3n) is 3.13. The van der Waals surface area contributed by atoms with E-state index in [1.165, 1.54) is 11.8 Å². The first-order valence-electron chi connectivity index (χ1n) is 6.61. The fourth-order valence-corrected chi connectivity index (χ4v) is 4.09. The van der Waals surface area contributed by atoms with Crippen LogP contribution < -0.4 is 10.9 Å². The van der Waals surface area contributed by atoms with Gasteiger partial charge in [-0.3, -0.25) is 9.59 Å². The van der Waals surface area contributed by atoms with Gasteiger partial charge in [-0.2, -0.15) is 11.8 Å². The van der Waals surface area contributed by atoms with Crippen LogP contribution in [0.4, 0.5) is 5.69 Å².